The number of ether oxygens (including phenoxy) is 1. The number of nitrogens with zero attached hydrogens (tertiary/aromatic N) is 2. The predicted octanol–water partition coefficient (Wildman–Crippen LogP) is 3.66. The van der Waals surface area contributed by atoms with Crippen LogP contribution >= 0.6 is 0 Å². The van der Waals surface area contributed by atoms with E-state index in [4.69, 9.17) is 15.7 Å². The van der Waals surface area contributed by atoms with E-state index in [1.165, 1.54) is 12.3 Å². The summed E-state index contributed by atoms with van der Waals surface area (Å²) in [6.45, 7) is 1.75. The summed E-state index contributed by atoms with van der Waals surface area (Å²) in [6.07, 6.45) is -3.22. The van der Waals surface area contributed by atoms with Crippen molar-refractivity contribution in [3.05, 3.63) is 47.2 Å². The highest BCUT2D eigenvalue weighted by Gasteiger charge is 2.35. The van der Waals surface area contributed by atoms with E-state index in [2.05, 4.69) is 4.98 Å². The van der Waals surface area contributed by atoms with E-state index in [1.54, 1.807) is 19.1 Å². The van der Waals surface area contributed by atoms with Crippen LogP contribution in [0.25, 0.3) is 0 Å². The van der Waals surface area contributed by atoms with Crippen LogP contribution in [0.5, 0.6) is 11.6 Å². The fourth-order valence-corrected chi connectivity index (χ4v) is 1.68. The number of alkyl halides is 3. The second-order valence-electron chi connectivity index (χ2n) is 4.33. The molecule has 0 atom stereocenters. The van der Waals surface area contributed by atoms with Crippen LogP contribution in [-0.4, -0.2) is 4.98 Å². The summed E-state index contributed by atoms with van der Waals surface area (Å²) in [7, 11) is 0. The molecule has 0 spiro atoms. The number of rotatable bonds is 2. The standard InChI is InChI=1S/C14H10F3N3O/c1-8-4-11(19)13(20-7-8)21-12-3-2-9(6-18)5-10(12)14(15,16)17/h2-5,7H,19H2,1H3. The van der Waals surface area contributed by atoms with Crippen LogP contribution in [0.3, 0.4) is 0 Å². The van der Waals surface area contributed by atoms with Crippen molar-refractivity contribution in [2.24, 2.45) is 0 Å². The summed E-state index contributed by atoms with van der Waals surface area (Å²) >= 11 is 0. The van der Waals surface area contributed by atoms with Gasteiger partial charge in [0, 0.05) is 6.20 Å². The minimum Gasteiger partial charge on any atom is -0.436 e. The zero-order chi connectivity index (χ0) is 15.6. The second kappa shape index (κ2) is 5.32. The molecule has 0 aliphatic rings. The van der Waals surface area contributed by atoms with Crippen LogP contribution < -0.4 is 10.5 Å². The van der Waals surface area contributed by atoms with Gasteiger partial charge in [0.05, 0.1) is 22.9 Å². The quantitative estimate of drug-likeness (QED) is 0.917. The van der Waals surface area contributed by atoms with Crippen LogP contribution in [0, 0.1) is 18.3 Å². The molecule has 1 heterocycles. The highest BCUT2D eigenvalue weighted by molar-refractivity contribution is 5.52. The van der Waals surface area contributed by atoms with Crippen molar-refractivity contribution in [1.29, 1.82) is 5.26 Å². The topological polar surface area (TPSA) is 71.9 Å². The molecule has 0 aliphatic carbocycles. The van der Waals surface area contributed by atoms with E-state index in [9.17, 15) is 13.2 Å². The first kappa shape index (κ1) is 14.7. The predicted molar refractivity (Wildman–Crippen MR) is 69.6 cm³/mol. The van der Waals surface area contributed by atoms with Crippen molar-refractivity contribution in [2.75, 3.05) is 5.73 Å². The SMILES string of the molecule is Cc1cnc(Oc2ccc(C#N)cc2C(F)(F)F)c(N)c1. The lowest BCUT2D eigenvalue weighted by molar-refractivity contribution is -0.138. The Kier molecular flexibility index (Phi) is 3.72. The number of hydrogen-bond acceptors (Lipinski definition) is 4. The maximum absolute atomic E-state index is 13.0. The van der Waals surface area contributed by atoms with Gasteiger partial charge in [-0.15, -0.1) is 0 Å². The Labute approximate surface area is 118 Å². The third-order valence-electron chi connectivity index (χ3n) is 2.64. The Morgan fingerprint density at radius 3 is 2.57 bits per heavy atom. The van der Waals surface area contributed by atoms with Gasteiger partial charge in [-0.25, -0.2) is 4.98 Å². The first-order chi connectivity index (χ1) is 9.81. The van der Waals surface area contributed by atoms with Crippen molar-refractivity contribution < 1.29 is 17.9 Å². The van der Waals surface area contributed by atoms with Crippen LogP contribution in [0.4, 0.5) is 18.9 Å². The lowest BCUT2D eigenvalue weighted by Crippen LogP contribution is -2.08. The van der Waals surface area contributed by atoms with Crippen LogP contribution in [0.2, 0.25) is 0 Å². The van der Waals surface area contributed by atoms with E-state index >= 15 is 0 Å². The fraction of sp³-hybridized carbons (Fsp3) is 0.143. The molecule has 0 bridgehead atoms. The first-order valence-electron chi connectivity index (χ1n) is 5.82. The molecule has 4 nitrogen and oxygen atoms in total. The number of anilines is 1. The molecule has 1 aromatic carbocycles. The minimum absolute atomic E-state index is 0.112. The molecule has 21 heavy (non-hydrogen) atoms. The largest absolute Gasteiger partial charge is 0.436 e. The maximum Gasteiger partial charge on any atom is 0.420 e. The van der Waals surface area contributed by atoms with Gasteiger partial charge in [-0.3, -0.25) is 0 Å². The molecule has 0 aliphatic heterocycles. The van der Waals surface area contributed by atoms with Gasteiger partial charge in [-0.2, -0.15) is 18.4 Å². The molecule has 0 radical (unpaired) electrons. The van der Waals surface area contributed by atoms with Gasteiger partial charge in [0.15, 0.2) is 0 Å². The number of benzene rings is 1. The van der Waals surface area contributed by atoms with Crippen molar-refractivity contribution in [3.63, 3.8) is 0 Å². The minimum atomic E-state index is -4.65. The van der Waals surface area contributed by atoms with Crippen molar-refractivity contribution in [3.8, 4) is 17.7 Å². The highest BCUT2D eigenvalue weighted by atomic mass is 19.4. The normalized spacial score (nSPS) is 11.0. The molecule has 108 valence electrons. The molecule has 0 unspecified atom stereocenters. The van der Waals surface area contributed by atoms with Gasteiger partial charge in [-0.1, -0.05) is 0 Å². The smallest absolute Gasteiger partial charge is 0.420 e. The van der Waals surface area contributed by atoms with E-state index in [0.29, 0.717) is 0 Å². The Bertz CT molecular complexity index is 720. The van der Waals surface area contributed by atoms with Gasteiger partial charge in [0.2, 0.25) is 5.88 Å². The third-order valence-corrected chi connectivity index (χ3v) is 2.64. The summed E-state index contributed by atoms with van der Waals surface area (Å²) in [5.74, 6) is -0.569. The highest BCUT2D eigenvalue weighted by Crippen LogP contribution is 2.39. The van der Waals surface area contributed by atoms with Crippen LogP contribution in [0.15, 0.2) is 30.5 Å². The number of pyridine rings is 1. The molecular formula is C14H10F3N3O. The van der Waals surface area contributed by atoms with Crippen molar-refractivity contribution in [2.45, 2.75) is 13.1 Å². The Morgan fingerprint density at radius 1 is 1.29 bits per heavy atom. The molecule has 2 rings (SSSR count). The van der Waals surface area contributed by atoms with E-state index < -0.39 is 17.5 Å². The van der Waals surface area contributed by atoms with E-state index in [-0.39, 0.29) is 17.1 Å². The fourth-order valence-electron chi connectivity index (χ4n) is 1.68. The summed E-state index contributed by atoms with van der Waals surface area (Å²) < 4.78 is 44.1. The number of nitrogen functional groups attached to an aromatic ring is 1. The lowest BCUT2D eigenvalue weighted by Gasteiger charge is -2.14. The summed E-state index contributed by atoms with van der Waals surface area (Å²) in [5.41, 5.74) is 5.39. The number of nitrogens with two attached hydrogens (primary N) is 1. The first-order valence-corrected chi connectivity index (χ1v) is 5.82. The zero-order valence-electron chi connectivity index (χ0n) is 10.9. The number of nitriles is 1. The monoisotopic (exact) mass is 293 g/mol. The van der Waals surface area contributed by atoms with Gasteiger partial charge in [-0.05, 0) is 36.8 Å². The van der Waals surface area contributed by atoms with E-state index in [1.807, 2.05) is 0 Å². The summed E-state index contributed by atoms with van der Waals surface area (Å²) in [6, 6.07) is 6.22. The number of halogens is 3. The number of hydrogen-bond donors (Lipinski definition) is 1. The Morgan fingerprint density at radius 2 is 2.00 bits per heavy atom. The molecule has 0 saturated heterocycles. The van der Waals surface area contributed by atoms with Gasteiger partial charge < -0.3 is 10.5 Å². The number of aromatic nitrogens is 1. The lowest BCUT2D eigenvalue weighted by atomic mass is 10.1. The molecule has 0 fully saturated rings. The third kappa shape index (κ3) is 3.23. The van der Waals surface area contributed by atoms with Crippen LogP contribution in [-0.2, 0) is 6.18 Å². The van der Waals surface area contributed by atoms with Gasteiger partial charge in [0.1, 0.15) is 5.75 Å². The molecule has 1 aromatic heterocycles. The molecule has 0 amide bonds. The average Bonchev–Trinajstić information content (AvgIpc) is 2.41. The van der Waals surface area contributed by atoms with Gasteiger partial charge >= 0.3 is 6.18 Å². The second-order valence-corrected chi connectivity index (χ2v) is 4.33. The molecule has 2 aromatic rings. The molecule has 2 N–H and O–H groups in total. The maximum atomic E-state index is 13.0. The van der Waals surface area contributed by atoms with Crippen LogP contribution in [0.1, 0.15) is 16.7 Å². The summed E-state index contributed by atoms with van der Waals surface area (Å²) in [5, 5.41) is 8.69. The molecule has 7 heteroatoms. The number of aryl methyl sites for hydroxylation is 1. The summed E-state index contributed by atoms with van der Waals surface area (Å²) in [4.78, 5) is 3.86. The van der Waals surface area contributed by atoms with Gasteiger partial charge in [0.25, 0.3) is 0 Å². The van der Waals surface area contributed by atoms with Crippen molar-refractivity contribution in [1.82, 2.24) is 4.98 Å². The Balaban J connectivity index is 2.47. The van der Waals surface area contributed by atoms with Crippen molar-refractivity contribution >= 4 is 5.69 Å². The Hall–Kier alpha value is -2.75. The molecule has 0 saturated carbocycles. The molecular weight excluding hydrogens is 283 g/mol. The average molecular weight is 293 g/mol. The zero-order valence-corrected chi connectivity index (χ0v) is 10.9. The van der Waals surface area contributed by atoms with E-state index in [0.717, 1.165) is 17.7 Å².